The Kier molecular flexibility index (Phi) is 5.35. The number of carbonyl (C=O) groups is 2. The molecule has 1 N–H and O–H groups in total. The summed E-state index contributed by atoms with van der Waals surface area (Å²) in [6.07, 6.45) is 1.74. The Morgan fingerprint density at radius 3 is 2.46 bits per heavy atom. The summed E-state index contributed by atoms with van der Waals surface area (Å²) in [5.74, 6) is 0.218. The number of urea groups is 1. The number of nitrogens with one attached hydrogen (secondary N) is 1. The van der Waals surface area contributed by atoms with Crippen LogP contribution in [-0.2, 0) is 11.2 Å². The number of hydrogen-bond acceptors (Lipinski definition) is 3. The van der Waals surface area contributed by atoms with E-state index >= 15 is 0 Å². The summed E-state index contributed by atoms with van der Waals surface area (Å²) in [5, 5.41) is 2.99. The molecule has 6 heteroatoms. The van der Waals surface area contributed by atoms with Gasteiger partial charge < -0.3 is 15.1 Å². The van der Waals surface area contributed by atoms with E-state index in [1.54, 1.807) is 4.90 Å². The van der Waals surface area contributed by atoms with Crippen molar-refractivity contribution in [1.82, 2.24) is 20.0 Å². The minimum absolute atomic E-state index is 0.000414. The molecule has 2 saturated heterocycles. The van der Waals surface area contributed by atoms with Crippen LogP contribution in [0.4, 0.5) is 4.79 Å². The zero-order valence-corrected chi connectivity index (χ0v) is 14.3. The van der Waals surface area contributed by atoms with Gasteiger partial charge in [0.2, 0.25) is 5.91 Å². The maximum Gasteiger partial charge on any atom is 0.317 e. The Balaban J connectivity index is 1.40. The molecule has 0 bridgehead atoms. The first-order valence-electron chi connectivity index (χ1n) is 8.71. The number of nitrogens with zero attached hydrogens (tertiary/aromatic N) is 3. The van der Waals surface area contributed by atoms with E-state index in [0.29, 0.717) is 19.6 Å². The number of piperazine rings is 1. The van der Waals surface area contributed by atoms with Crippen LogP contribution < -0.4 is 5.32 Å². The van der Waals surface area contributed by atoms with E-state index in [0.717, 1.165) is 32.5 Å². The first kappa shape index (κ1) is 16.8. The first-order chi connectivity index (χ1) is 11.6. The zero-order valence-electron chi connectivity index (χ0n) is 14.3. The molecule has 2 aliphatic heterocycles. The molecule has 1 aromatic rings. The largest absolute Gasteiger partial charge is 0.344 e. The molecule has 1 atom stereocenters. The number of hydrogen-bond donors (Lipinski definition) is 1. The summed E-state index contributed by atoms with van der Waals surface area (Å²) in [4.78, 5) is 30.2. The Morgan fingerprint density at radius 2 is 1.83 bits per heavy atom. The molecule has 2 aliphatic rings. The standard InChI is InChI=1S/C18H26N4O2/c1-20-10-8-16(17(20)23)21-11-13-22(14-12-21)18(24)19-9-7-15-5-3-2-4-6-15/h2-6,16H,7-14H2,1H3,(H,19,24). The van der Waals surface area contributed by atoms with Crippen molar-refractivity contribution in [3.05, 3.63) is 35.9 Å². The Bertz CT molecular complexity index is 570. The number of carbonyl (C=O) groups excluding carboxylic acids is 2. The van der Waals surface area contributed by atoms with Gasteiger partial charge in [0.05, 0.1) is 6.04 Å². The predicted octanol–water partition coefficient (Wildman–Crippen LogP) is 0.787. The van der Waals surface area contributed by atoms with E-state index in [9.17, 15) is 9.59 Å². The monoisotopic (exact) mass is 330 g/mol. The molecule has 2 fully saturated rings. The van der Waals surface area contributed by atoms with E-state index < -0.39 is 0 Å². The van der Waals surface area contributed by atoms with Crippen molar-refractivity contribution in [2.45, 2.75) is 18.9 Å². The molecule has 0 radical (unpaired) electrons. The lowest BCUT2D eigenvalue weighted by Crippen LogP contribution is -2.55. The van der Waals surface area contributed by atoms with E-state index in [1.165, 1.54) is 5.56 Å². The number of rotatable bonds is 4. The van der Waals surface area contributed by atoms with Gasteiger partial charge in [-0.05, 0) is 18.4 Å². The fourth-order valence-electron chi connectivity index (χ4n) is 3.45. The van der Waals surface area contributed by atoms with E-state index in [-0.39, 0.29) is 18.0 Å². The Morgan fingerprint density at radius 1 is 1.12 bits per heavy atom. The average Bonchev–Trinajstić information content (AvgIpc) is 2.95. The van der Waals surface area contributed by atoms with E-state index in [2.05, 4.69) is 22.3 Å². The van der Waals surface area contributed by atoms with Gasteiger partial charge in [0.25, 0.3) is 0 Å². The lowest BCUT2D eigenvalue weighted by Gasteiger charge is -2.37. The van der Waals surface area contributed by atoms with Crippen LogP contribution in [0.1, 0.15) is 12.0 Å². The second-order valence-electron chi connectivity index (χ2n) is 6.55. The average molecular weight is 330 g/mol. The highest BCUT2D eigenvalue weighted by Crippen LogP contribution is 2.17. The van der Waals surface area contributed by atoms with Crippen molar-refractivity contribution in [3.63, 3.8) is 0 Å². The maximum atomic E-state index is 12.3. The molecule has 2 heterocycles. The summed E-state index contributed by atoms with van der Waals surface area (Å²) >= 11 is 0. The second-order valence-corrected chi connectivity index (χ2v) is 6.55. The highest BCUT2D eigenvalue weighted by Gasteiger charge is 2.35. The van der Waals surface area contributed by atoms with Gasteiger partial charge >= 0.3 is 6.03 Å². The van der Waals surface area contributed by atoms with Crippen LogP contribution in [0.5, 0.6) is 0 Å². The fraction of sp³-hybridized carbons (Fsp3) is 0.556. The highest BCUT2D eigenvalue weighted by atomic mass is 16.2. The van der Waals surface area contributed by atoms with Gasteiger partial charge in [-0.1, -0.05) is 30.3 Å². The Labute approximate surface area is 143 Å². The van der Waals surface area contributed by atoms with Gasteiger partial charge in [-0.3, -0.25) is 9.69 Å². The normalized spacial score (nSPS) is 22.0. The van der Waals surface area contributed by atoms with Crippen molar-refractivity contribution >= 4 is 11.9 Å². The lowest BCUT2D eigenvalue weighted by molar-refractivity contribution is -0.131. The topological polar surface area (TPSA) is 55.9 Å². The van der Waals surface area contributed by atoms with Gasteiger partial charge in [0, 0.05) is 46.3 Å². The maximum absolute atomic E-state index is 12.3. The van der Waals surface area contributed by atoms with E-state index in [1.807, 2.05) is 30.1 Å². The fourth-order valence-corrected chi connectivity index (χ4v) is 3.45. The molecular weight excluding hydrogens is 304 g/mol. The SMILES string of the molecule is CN1CCC(N2CCN(C(=O)NCCc3ccccc3)CC2)C1=O. The zero-order chi connectivity index (χ0) is 16.9. The number of likely N-dealkylation sites (N-methyl/N-ethyl adjacent to an activating group) is 1. The van der Waals surface area contributed by atoms with Crippen LogP contribution in [-0.4, -0.2) is 79.0 Å². The number of amides is 3. The van der Waals surface area contributed by atoms with Crippen LogP contribution in [0.3, 0.4) is 0 Å². The van der Waals surface area contributed by atoms with Crippen molar-refractivity contribution in [2.75, 3.05) is 46.3 Å². The molecule has 1 unspecified atom stereocenters. The van der Waals surface area contributed by atoms with Gasteiger partial charge in [0.15, 0.2) is 0 Å². The van der Waals surface area contributed by atoms with Crippen LogP contribution in [0.15, 0.2) is 30.3 Å². The molecule has 0 spiro atoms. The highest BCUT2D eigenvalue weighted by molar-refractivity contribution is 5.83. The Hall–Kier alpha value is -2.08. The molecule has 3 rings (SSSR count). The molecule has 0 saturated carbocycles. The minimum Gasteiger partial charge on any atom is -0.344 e. The van der Waals surface area contributed by atoms with Gasteiger partial charge in [0.1, 0.15) is 0 Å². The van der Waals surface area contributed by atoms with Crippen LogP contribution in [0, 0.1) is 0 Å². The van der Waals surface area contributed by atoms with Crippen molar-refractivity contribution in [3.8, 4) is 0 Å². The predicted molar refractivity (Wildman–Crippen MR) is 92.7 cm³/mol. The second kappa shape index (κ2) is 7.66. The third-order valence-corrected chi connectivity index (χ3v) is 4.97. The van der Waals surface area contributed by atoms with Crippen LogP contribution in [0.25, 0.3) is 0 Å². The smallest absolute Gasteiger partial charge is 0.317 e. The molecular formula is C18H26N4O2. The molecule has 24 heavy (non-hydrogen) atoms. The molecule has 1 aromatic carbocycles. The number of benzene rings is 1. The first-order valence-corrected chi connectivity index (χ1v) is 8.71. The molecule has 0 aliphatic carbocycles. The van der Waals surface area contributed by atoms with Crippen LogP contribution >= 0.6 is 0 Å². The lowest BCUT2D eigenvalue weighted by atomic mass is 10.1. The minimum atomic E-state index is 0.000414. The molecule has 130 valence electrons. The molecule has 6 nitrogen and oxygen atoms in total. The number of likely N-dealkylation sites (tertiary alicyclic amines) is 1. The van der Waals surface area contributed by atoms with Gasteiger partial charge in [-0.25, -0.2) is 4.79 Å². The third kappa shape index (κ3) is 3.87. The molecule has 0 aromatic heterocycles. The van der Waals surface area contributed by atoms with Gasteiger partial charge in [-0.2, -0.15) is 0 Å². The summed E-state index contributed by atoms with van der Waals surface area (Å²) in [6, 6.07) is 10.2. The summed E-state index contributed by atoms with van der Waals surface area (Å²) in [6.45, 7) is 4.40. The third-order valence-electron chi connectivity index (χ3n) is 4.97. The summed E-state index contributed by atoms with van der Waals surface area (Å²) in [5.41, 5.74) is 1.23. The van der Waals surface area contributed by atoms with E-state index in [4.69, 9.17) is 0 Å². The van der Waals surface area contributed by atoms with Crippen molar-refractivity contribution in [1.29, 1.82) is 0 Å². The summed E-state index contributed by atoms with van der Waals surface area (Å²) < 4.78 is 0. The summed E-state index contributed by atoms with van der Waals surface area (Å²) in [7, 11) is 1.86. The van der Waals surface area contributed by atoms with Crippen molar-refractivity contribution in [2.24, 2.45) is 0 Å². The molecule has 3 amide bonds. The van der Waals surface area contributed by atoms with Crippen LogP contribution in [0.2, 0.25) is 0 Å². The van der Waals surface area contributed by atoms with Crippen molar-refractivity contribution < 1.29 is 9.59 Å². The quantitative estimate of drug-likeness (QED) is 0.888. The van der Waals surface area contributed by atoms with Gasteiger partial charge in [-0.15, -0.1) is 0 Å².